The van der Waals surface area contributed by atoms with Crippen molar-refractivity contribution in [3.63, 3.8) is 0 Å². The van der Waals surface area contributed by atoms with Gasteiger partial charge in [-0.25, -0.2) is 4.98 Å². The van der Waals surface area contributed by atoms with Crippen molar-refractivity contribution in [2.75, 3.05) is 31.1 Å². The molecule has 1 aliphatic heterocycles. The maximum Gasteiger partial charge on any atom is 0.128 e. The van der Waals surface area contributed by atoms with Crippen LogP contribution in [0.3, 0.4) is 0 Å². The van der Waals surface area contributed by atoms with Gasteiger partial charge in [0, 0.05) is 36.2 Å². The number of hydrogen-bond acceptors (Lipinski definition) is 3. The summed E-state index contributed by atoms with van der Waals surface area (Å²) in [5.74, 6) is 1.10. The summed E-state index contributed by atoms with van der Waals surface area (Å²) in [6, 6.07) is 4.19. The lowest BCUT2D eigenvalue weighted by Gasteiger charge is -2.42. The number of aryl methyl sites for hydroxylation is 1. The lowest BCUT2D eigenvalue weighted by molar-refractivity contribution is 0.128. The van der Waals surface area contributed by atoms with Crippen molar-refractivity contribution in [3.05, 3.63) is 22.3 Å². The van der Waals surface area contributed by atoms with Crippen LogP contribution in [0.25, 0.3) is 0 Å². The quantitative estimate of drug-likeness (QED) is 0.794. The molecule has 0 N–H and O–H groups in total. The zero-order chi connectivity index (χ0) is 13.3. The van der Waals surface area contributed by atoms with Crippen LogP contribution in [0.15, 0.2) is 16.6 Å². The van der Waals surface area contributed by atoms with E-state index in [1.54, 1.807) is 0 Å². The molecule has 0 aliphatic carbocycles. The van der Waals surface area contributed by atoms with Crippen LogP contribution in [0, 0.1) is 6.92 Å². The summed E-state index contributed by atoms with van der Waals surface area (Å²) in [5.41, 5.74) is 1.33. The molecule has 1 aliphatic rings. The summed E-state index contributed by atoms with van der Waals surface area (Å²) in [7, 11) is 0. The third-order valence-electron chi connectivity index (χ3n) is 3.56. The van der Waals surface area contributed by atoms with Crippen molar-refractivity contribution in [1.29, 1.82) is 0 Å². The van der Waals surface area contributed by atoms with Crippen LogP contribution in [-0.4, -0.2) is 41.6 Å². The molecule has 1 saturated heterocycles. The van der Waals surface area contributed by atoms with Crippen molar-refractivity contribution in [3.8, 4) is 0 Å². The molecule has 100 valence electrons. The van der Waals surface area contributed by atoms with Gasteiger partial charge >= 0.3 is 0 Å². The average Bonchev–Trinajstić information content (AvgIpc) is 2.32. The Morgan fingerprint density at radius 1 is 1.11 bits per heavy atom. The van der Waals surface area contributed by atoms with Gasteiger partial charge in [-0.2, -0.15) is 0 Å². The van der Waals surface area contributed by atoms with Crippen LogP contribution in [0.1, 0.15) is 26.5 Å². The SMILES string of the molecule is Cc1nc(N2CCN(C(C)(C)C)CC2)ccc1Br. The van der Waals surface area contributed by atoms with Crippen molar-refractivity contribution in [2.45, 2.75) is 33.2 Å². The largest absolute Gasteiger partial charge is 0.354 e. The third kappa shape index (κ3) is 3.04. The standard InChI is InChI=1S/C14H22BrN3/c1-11-12(15)5-6-13(16-11)17-7-9-18(10-8-17)14(2,3)4/h5-6H,7-10H2,1-4H3. The maximum absolute atomic E-state index is 4.64. The molecule has 0 bridgehead atoms. The van der Waals surface area contributed by atoms with Gasteiger partial charge < -0.3 is 4.90 Å². The number of pyridine rings is 1. The molecule has 2 heterocycles. The van der Waals surface area contributed by atoms with E-state index in [4.69, 9.17) is 0 Å². The summed E-state index contributed by atoms with van der Waals surface area (Å²) >= 11 is 3.50. The number of hydrogen-bond donors (Lipinski definition) is 0. The van der Waals surface area contributed by atoms with Crippen molar-refractivity contribution in [1.82, 2.24) is 9.88 Å². The fraction of sp³-hybridized carbons (Fsp3) is 0.643. The molecular weight excluding hydrogens is 290 g/mol. The summed E-state index contributed by atoms with van der Waals surface area (Å²) in [5, 5.41) is 0. The van der Waals surface area contributed by atoms with E-state index in [0.29, 0.717) is 0 Å². The molecule has 0 unspecified atom stereocenters. The normalized spacial score (nSPS) is 18.2. The molecule has 0 spiro atoms. The lowest BCUT2D eigenvalue weighted by Crippen LogP contribution is -2.53. The van der Waals surface area contributed by atoms with Crippen molar-refractivity contribution < 1.29 is 0 Å². The van der Waals surface area contributed by atoms with Crippen LogP contribution < -0.4 is 4.90 Å². The van der Waals surface area contributed by atoms with Gasteiger partial charge in [0.25, 0.3) is 0 Å². The van der Waals surface area contributed by atoms with Gasteiger partial charge in [-0.1, -0.05) is 0 Å². The first-order valence-corrected chi connectivity index (χ1v) is 7.30. The Hall–Kier alpha value is -0.610. The highest BCUT2D eigenvalue weighted by molar-refractivity contribution is 9.10. The van der Waals surface area contributed by atoms with E-state index in [0.717, 1.165) is 42.2 Å². The number of rotatable bonds is 1. The van der Waals surface area contributed by atoms with Crippen LogP contribution in [0.2, 0.25) is 0 Å². The second-order valence-electron chi connectivity index (χ2n) is 5.88. The molecule has 18 heavy (non-hydrogen) atoms. The predicted molar refractivity (Wildman–Crippen MR) is 80.2 cm³/mol. The van der Waals surface area contributed by atoms with Gasteiger partial charge in [0.1, 0.15) is 5.82 Å². The van der Waals surface area contributed by atoms with Crippen LogP contribution in [0.4, 0.5) is 5.82 Å². The first-order valence-electron chi connectivity index (χ1n) is 6.51. The molecule has 0 radical (unpaired) electrons. The Balaban J connectivity index is 2.03. The molecule has 0 amide bonds. The van der Waals surface area contributed by atoms with Gasteiger partial charge in [-0.05, 0) is 55.8 Å². The third-order valence-corrected chi connectivity index (χ3v) is 4.40. The number of aromatic nitrogens is 1. The van der Waals surface area contributed by atoms with E-state index in [9.17, 15) is 0 Å². The number of nitrogens with zero attached hydrogens (tertiary/aromatic N) is 3. The molecule has 0 saturated carbocycles. The second-order valence-corrected chi connectivity index (χ2v) is 6.74. The Morgan fingerprint density at radius 2 is 1.72 bits per heavy atom. The Morgan fingerprint density at radius 3 is 2.22 bits per heavy atom. The Labute approximate surface area is 118 Å². The molecule has 2 rings (SSSR count). The van der Waals surface area contributed by atoms with Gasteiger partial charge in [0.15, 0.2) is 0 Å². The first-order chi connectivity index (χ1) is 8.38. The van der Waals surface area contributed by atoms with Crippen LogP contribution >= 0.6 is 15.9 Å². The minimum Gasteiger partial charge on any atom is -0.354 e. The minimum absolute atomic E-state index is 0.273. The van der Waals surface area contributed by atoms with Crippen LogP contribution in [-0.2, 0) is 0 Å². The van der Waals surface area contributed by atoms with E-state index >= 15 is 0 Å². The molecule has 3 nitrogen and oxygen atoms in total. The highest BCUT2D eigenvalue weighted by Crippen LogP contribution is 2.22. The van der Waals surface area contributed by atoms with Gasteiger partial charge in [-0.3, -0.25) is 4.90 Å². The van der Waals surface area contributed by atoms with Gasteiger partial charge in [0.05, 0.1) is 5.69 Å². The molecular formula is C14H22BrN3. The van der Waals surface area contributed by atoms with E-state index < -0.39 is 0 Å². The zero-order valence-electron chi connectivity index (χ0n) is 11.7. The first kappa shape index (κ1) is 13.8. The molecule has 1 aromatic heterocycles. The monoisotopic (exact) mass is 311 g/mol. The van der Waals surface area contributed by atoms with Gasteiger partial charge in [-0.15, -0.1) is 0 Å². The van der Waals surface area contributed by atoms with Gasteiger partial charge in [0.2, 0.25) is 0 Å². The van der Waals surface area contributed by atoms with E-state index in [2.05, 4.69) is 63.6 Å². The molecule has 4 heteroatoms. The highest BCUT2D eigenvalue weighted by Gasteiger charge is 2.26. The number of anilines is 1. The summed E-state index contributed by atoms with van der Waals surface area (Å²) in [6.45, 7) is 13.2. The zero-order valence-corrected chi connectivity index (χ0v) is 13.3. The van der Waals surface area contributed by atoms with E-state index in [1.165, 1.54) is 0 Å². The summed E-state index contributed by atoms with van der Waals surface area (Å²) in [6.07, 6.45) is 0. The van der Waals surface area contributed by atoms with E-state index in [1.807, 2.05) is 6.92 Å². The molecule has 1 fully saturated rings. The maximum atomic E-state index is 4.64. The fourth-order valence-corrected chi connectivity index (χ4v) is 2.53. The lowest BCUT2D eigenvalue weighted by atomic mass is 10.1. The van der Waals surface area contributed by atoms with Crippen molar-refractivity contribution >= 4 is 21.7 Å². The number of piperazine rings is 1. The fourth-order valence-electron chi connectivity index (χ4n) is 2.31. The second kappa shape index (κ2) is 5.17. The minimum atomic E-state index is 0.273. The Bertz CT molecular complexity index is 418. The van der Waals surface area contributed by atoms with Crippen LogP contribution in [0.5, 0.6) is 0 Å². The van der Waals surface area contributed by atoms with Crippen molar-refractivity contribution in [2.24, 2.45) is 0 Å². The predicted octanol–water partition coefficient (Wildman–Crippen LogP) is 3.07. The smallest absolute Gasteiger partial charge is 0.128 e. The highest BCUT2D eigenvalue weighted by atomic mass is 79.9. The summed E-state index contributed by atoms with van der Waals surface area (Å²) in [4.78, 5) is 9.56. The number of halogens is 1. The molecule has 1 aromatic rings. The molecule has 0 atom stereocenters. The summed E-state index contributed by atoms with van der Waals surface area (Å²) < 4.78 is 1.08. The topological polar surface area (TPSA) is 19.4 Å². The van der Waals surface area contributed by atoms with E-state index in [-0.39, 0.29) is 5.54 Å². The average molecular weight is 312 g/mol. The molecule has 0 aromatic carbocycles. The Kier molecular flexibility index (Phi) is 3.97.